The second kappa shape index (κ2) is 6.02. The lowest BCUT2D eigenvalue weighted by Gasteiger charge is -2.35. The summed E-state index contributed by atoms with van der Waals surface area (Å²) in [5.74, 6) is 0. The number of hydrogen-bond acceptors (Lipinski definition) is 2. The maximum atomic E-state index is 10.4. The molecule has 1 atom stereocenters. The zero-order chi connectivity index (χ0) is 12.8. The summed E-state index contributed by atoms with van der Waals surface area (Å²) in [4.78, 5) is 0. The van der Waals surface area contributed by atoms with Gasteiger partial charge >= 0.3 is 0 Å². The van der Waals surface area contributed by atoms with E-state index in [1.807, 2.05) is 18.2 Å². The number of hydrogen-bond donors (Lipinski definition) is 1. The van der Waals surface area contributed by atoms with Crippen molar-refractivity contribution in [2.75, 3.05) is 0 Å². The van der Waals surface area contributed by atoms with Crippen molar-refractivity contribution in [1.29, 1.82) is 5.26 Å². The summed E-state index contributed by atoms with van der Waals surface area (Å²) < 4.78 is 0. The minimum atomic E-state index is -0.483. The molecule has 0 aromatic heterocycles. The number of aliphatic hydroxyl groups excluding tert-OH is 1. The molecular weight excluding hydrogens is 222 g/mol. The molecule has 1 fully saturated rings. The number of nitrogens with zero attached hydrogens (tertiary/aromatic N) is 1. The SMILES string of the molecule is N#CC1(C(O)CCc2ccccc2)CCCCC1. The number of benzene rings is 1. The quantitative estimate of drug-likeness (QED) is 0.880. The fourth-order valence-electron chi connectivity index (χ4n) is 2.93. The van der Waals surface area contributed by atoms with Gasteiger partial charge in [-0.25, -0.2) is 0 Å². The van der Waals surface area contributed by atoms with Crippen LogP contribution in [0.1, 0.15) is 44.1 Å². The molecule has 0 amide bonds. The third-order valence-electron chi connectivity index (χ3n) is 4.16. The minimum Gasteiger partial charge on any atom is -0.391 e. The fourth-order valence-corrected chi connectivity index (χ4v) is 2.93. The molecule has 1 unspecified atom stereocenters. The molecule has 0 spiro atoms. The first-order chi connectivity index (χ1) is 8.77. The van der Waals surface area contributed by atoms with Gasteiger partial charge in [-0.3, -0.25) is 0 Å². The summed E-state index contributed by atoms with van der Waals surface area (Å²) in [6.45, 7) is 0. The summed E-state index contributed by atoms with van der Waals surface area (Å²) >= 11 is 0. The molecule has 1 aliphatic rings. The Labute approximate surface area is 109 Å². The first-order valence-electron chi connectivity index (χ1n) is 6.90. The van der Waals surface area contributed by atoms with Gasteiger partial charge in [-0.05, 0) is 31.2 Å². The molecule has 1 N–H and O–H groups in total. The molecular formula is C16H21NO. The van der Waals surface area contributed by atoms with E-state index in [-0.39, 0.29) is 0 Å². The summed E-state index contributed by atoms with van der Waals surface area (Å²) in [5, 5.41) is 19.8. The molecule has 1 aromatic rings. The molecule has 0 heterocycles. The molecule has 0 saturated heterocycles. The van der Waals surface area contributed by atoms with E-state index in [0.29, 0.717) is 6.42 Å². The minimum absolute atomic E-state index is 0.479. The number of nitriles is 1. The van der Waals surface area contributed by atoms with Crippen LogP contribution in [0.15, 0.2) is 30.3 Å². The van der Waals surface area contributed by atoms with Gasteiger partial charge in [0.1, 0.15) is 0 Å². The molecule has 18 heavy (non-hydrogen) atoms. The Morgan fingerprint density at radius 3 is 2.44 bits per heavy atom. The van der Waals surface area contributed by atoms with E-state index in [1.165, 1.54) is 12.0 Å². The first kappa shape index (κ1) is 13.1. The zero-order valence-electron chi connectivity index (χ0n) is 10.8. The summed E-state index contributed by atoms with van der Waals surface area (Å²) in [7, 11) is 0. The van der Waals surface area contributed by atoms with Crippen LogP contribution in [-0.4, -0.2) is 11.2 Å². The predicted octanol–water partition coefficient (Wildman–Crippen LogP) is 3.45. The van der Waals surface area contributed by atoms with Crippen LogP contribution in [0, 0.1) is 16.7 Å². The van der Waals surface area contributed by atoms with E-state index in [0.717, 1.165) is 32.1 Å². The van der Waals surface area contributed by atoms with E-state index < -0.39 is 11.5 Å². The van der Waals surface area contributed by atoms with E-state index in [2.05, 4.69) is 18.2 Å². The van der Waals surface area contributed by atoms with Gasteiger partial charge in [-0.15, -0.1) is 0 Å². The van der Waals surface area contributed by atoms with Crippen LogP contribution in [0.5, 0.6) is 0 Å². The molecule has 0 aliphatic heterocycles. The number of rotatable bonds is 4. The lowest BCUT2D eigenvalue weighted by molar-refractivity contribution is 0.0311. The smallest absolute Gasteiger partial charge is 0.0832 e. The summed E-state index contributed by atoms with van der Waals surface area (Å²) in [6, 6.07) is 12.6. The second-order valence-corrected chi connectivity index (χ2v) is 5.37. The normalized spacial score (nSPS) is 20.0. The highest BCUT2D eigenvalue weighted by molar-refractivity contribution is 5.15. The van der Waals surface area contributed by atoms with Gasteiger partial charge in [0.05, 0.1) is 17.6 Å². The Morgan fingerprint density at radius 2 is 1.83 bits per heavy atom. The second-order valence-electron chi connectivity index (χ2n) is 5.37. The molecule has 2 rings (SSSR count). The van der Waals surface area contributed by atoms with Crippen LogP contribution >= 0.6 is 0 Å². The first-order valence-corrected chi connectivity index (χ1v) is 6.90. The highest BCUT2D eigenvalue weighted by atomic mass is 16.3. The molecule has 1 saturated carbocycles. The predicted molar refractivity (Wildman–Crippen MR) is 71.9 cm³/mol. The topological polar surface area (TPSA) is 44.0 Å². The molecule has 2 nitrogen and oxygen atoms in total. The lowest BCUT2D eigenvalue weighted by atomic mass is 9.70. The number of aliphatic hydroxyl groups is 1. The van der Waals surface area contributed by atoms with Crippen molar-refractivity contribution < 1.29 is 5.11 Å². The summed E-state index contributed by atoms with van der Waals surface area (Å²) in [6.07, 6.45) is 6.14. The number of aryl methyl sites for hydroxylation is 1. The van der Waals surface area contributed by atoms with Gasteiger partial charge in [-0.1, -0.05) is 49.6 Å². The molecule has 0 bridgehead atoms. The van der Waals surface area contributed by atoms with Gasteiger partial charge in [-0.2, -0.15) is 5.26 Å². The molecule has 1 aromatic carbocycles. The van der Waals surface area contributed by atoms with Crippen LogP contribution in [0.4, 0.5) is 0 Å². The van der Waals surface area contributed by atoms with E-state index in [4.69, 9.17) is 0 Å². The van der Waals surface area contributed by atoms with Crippen LogP contribution in [0.3, 0.4) is 0 Å². The average Bonchev–Trinajstić information content (AvgIpc) is 2.46. The van der Waals surface area contributed by atoms with Crippen molar-refractivity contribution in [2.24, 2.45) is 5.41 Å². The van der Waals surface area contributed by atoms with Crippen molar-refractivity contribution in [2.45, 2.75) is 51.0 Å². The highest BCUT2D eigenvalue weighted by Gasteiger charge is 2.38. The van der Waals surface area contributed by atoms with Crippen LogP contribution in [0.2, 0.25) is 0 Å². The highest BCUT2D eigenvalue weighted by Crippen LogP contribution is 2.40. The van der Waals surface area contributed by atoms with Crippen molar-refractivity contribution in [3.63, 3.8) is 0 Å². The molecule has 0 radical (unpaired) electrons. The van der Waals surface area contributed by atoms with E-state index in [9.17, 15) is 10.4 Å². The standard InChI is InChI=1S/C16H21NO/c17-13-16(11-5-2-6-12-16)15(18)10-9-14-7-3-1-4-8-14/h1,3-4,7-8,15,18H,2,5-6,9-12H2. The third kappa shape index (κ3) is 2.91. The average molecular weight is 243 g/mol. The Hall–Kier alpha value is -1.33. The molecule has 96 valence electrons. The molecule has 1 aliphatic carbocycles. The Kier molecular flexibility index (Phi) is 4.38. The van der Waals surface area contributed by atoms with Crippen LogP contribution < -0.4 is 0 Å². The van der Waals surface area contributed by atoms with Crippen LogP contribution in [-0.2, 0) is 6.42 Å². The van der Waals surface area contributed by atoms with Crippen molar-refractivity contribution in [3.05, 3.63) is 35.9 Å². The van der Waals surface area contributed by atoms with Crippen molar-refractivity contribution in [3.8, 4) is 6.07 Å². The maximum absolute atomic E-state index is 10.4. The largest absolute Gasteiger partial charge is 0.391 e. The van der Waals surface area contributed by atoms with E-state index in [1.54, 1.807) is 0 Å². The molecule has 2 heteroatoms. The zero-order valence-corrected chi connectivity index (χ0v) is 10.8. The summed E-state index contributed by atoms with van der Waals surface area (Å²) in [5.41, 5.74) is 0.757. The Morgan fingerprint density at radius 1 is 1.17 bits per heavy atom. The Bertz CT molecular complexity index is 401. The fraction of sp³-hybridized carbons (Fsp3) is 0.562. The van der Waals surface area contributed by atoms with Crippen molar-refractivity contribution in [1.82, 2.24) is 0 Å². The van der Waals surface area contributed by atoms with Gasteiger partial charge in [0.15, 0.2) is 0 Å². The van der Waals surface area contributed by atoms with Gasteiger partial charge in [0.2, 0.25) is 0 Å². The monoisotopic (exact) mass is 243 g/mol. The van der Waals surface area contributed by atoms with Crippen LogP contribution in [0.25, 0.3) is 0 Å². The maximum Gasteiger partial charge on any atom is 0.0832 e. The van der Waals surface area contributed by atoms with Gasteiger partial charge in [0.25, 0.3) is 0 Å². The third-order valence-corrected chi connectivity index (χ3v) is 4.16. The lowest BCUT2D eigenvalue weighted by Crippen LogP contribution is -2.36. The Balaban J connectivity index is 1.94. The van der Waals surface area contributed by atoms with Gasteiger partial charge in [0, 0.05) is 0 Å². The van der Waals surface area contributed by atoms with E-state index >= 15 is 0 Å². The van der Waals surface area contributed by atoms with Crippen molar-refractivity contribution >= 4 is 0 Å². The van der Waals surface area contributed by atoms with Gasteiger partial charge < -0.3 is 5.11 Å².